The zero-order valence-corrected chi connectivity index (χ0v) is 19.9. The number of piperazine rings is 1. The molecule has 0 spiro atoms. The third-order valence-electron chi connectivity index (χ3n) is 6.22. The molecule has 0 aromatic carbocycles. The van der Waals surface area contributed by atoms with Crippen LogP contribution in [0.25, 0.3) is 10.2 Å². The average Bonchev–Trinajstić information content (AvgIpc) is 3.18. The molecule has 4 rings (SSSR count). The number of aryl methyl sites for hydroxylation is 1. The highest BCUT2D eigenvalue weighted by molar-refractivity contribution is 7.20. The van der Waals surface area contributed by atoms with Gasteiger partial charge in [-0.3, -0.25) is 19.0 Å². The van der Waals surface area contributed by atoms with Crippen LogP contribution in [0.4, 0.5) is 4.79 Å². The number of carbonyl (C=O) groups is 3. The van der Waals surface area contributed by atoms with Gasteiger partial charge in [-0.15, -0.1) is 11.3 Å². The van der Waals surface area contributed by atoms with E-state index in [0.717, 1.165) is 32.4 Å². The maximum absolute atomic E-state index is 13.2. The van der Waals surface area contributed by atoms with Crippen molar-refractivity contribution in [3.05, 3.63) is 27.1 Å². The Morgan fingerprint density at radius 1 is 1.00 bits per heavy atom. The van der Waals surface area contributed by atoms with E-state index in [2.05, 4.69) is 4.98 Å². The first kappa shape index (κ1) is 23.2. The van der Waals surface area contributed by atoms with Crippen molar-refractivity contribution in [2.75, 3.05) is 45.9 Å². The molecule has 0 unspecified atom stereocenters. The number of ether oxygens (including phenoxy) is 1. The average molecular weight is 476 g/mol. The molecule has 2 aromatic heterocycles. The van der Waals surface area contributed by atoms with Crippen molar-refractivity contribution >= 4 is 39.5 Å². The van der Waals surface area contributed by atoms with Crippen LogP contribution in [0, 0.1) is 6.92 Å². The van der Waals surface area contributed by atoms with Gasteiger partial charge < -0.3 is 19.4 Å². The third-order valence-corrected chi connectivity index (χ3v) is 7.41. The maximum Gasteiger partial charge on any atom is 0.409 e. The van der Waals surface area contributed by atoms with Gasteiger partial charge in [-0.2, -0.15) is 0 Å². The molecule has 0 N–H and O–H groups in total. The molecule has 0 saturated carbocycles. The van der Waals surface area contributed by atoms with Crippen LogP contribution in [0.1, 0.15) is 41.4 Å². The van der Waals surface area contributed by atoms with Crippen molar-refractivity contribution in [2.24, 2.45) is 0 Å². The lowest BCUT2D eigenvalue weighted by atomic mass is 10.1. The summed E-state index contributed by atoms with van der Waals surface area (Å²) >= 11 is 1.19. The summed E-state index contributed by atoms with van der Waals surface area (Å²) in [5.74, 6) is -0.254. The van der Waals surface area contributed by atoms with E-state index in [9.17, 15) is 19.2 Å². The Morgan fingerprint density at radius 3 is 2.33 bits per heavy atom. The van der Waals surface area contributed by atoms with Gasteiger partial charge >= 0.3 is 6.09 Å². The van der Waals surface area contributed by atoms with E-state index in [1.165, 1.54) is 22.2 Å². The minimum absolute atomic E-state index is 0.0455. The number of hydrogen-bond acceptors (Lipinski definition) is 7. The quantitative estimate of drug-likeness (QED) is 0.667. The van der Waals surface area contributed by atoms with Crippen LogP contribution in [0.15, 0.2) is 11.1 Å². The minimum atomic E-state index is -0.369. The molecule has 2 aliphatic rings. The van der Waals surface area contributed by atoms with Gasteiger partial charge in [0.05, 0.1) is 23.2 Å². The predicted molar refractivity (Wildman–Crippen MR) is 124 cm³/mol. The molecular formula is C22H29N5O5S. The molecular weight excluding hydrogens is 446 g/mol. The lowest BCUT2D eigenvalue weighted by Gasteiger charge is -2.33. The number of piperidine rings is 1. The molecule has 0 radical (unpaired) electrons. The highest BCUT2D eigenvalue weighted by Gasteiger charge is 2.29. The van der Waals surface area contributed by atoms with Crippen LogP contribution in [-0.4, -0.2) is 88.0 Å². The molecule has 2 aliphatic heterocycles. The van der Waals surface area contributed by atoms with Gasteiger partial charge in [-0.05, 0) is 38.7 Å². The van der Waals surface area contributed by atoms with Crippen LogP contribution >= 0.6 is 11.3 Å². The number of fused-ring (bicyclic) bond motifs is 1. The molecule has 11 heteroatoms. The fraction of sp³-hybridized carbons (Fsp3) is 0.591. The molecule has 0 bridgehead atoms. The van der Waals surface area contributed by atoms with Crippen LogP contribution in [0.3, 0.4) is 0 Å². The number of carbonyl (C=O) groups excluding carboxylic acids is 3. The summed E-state index contributed by atoms with van der Waals surface area (Å²) in [5.41, 5.74) is 0.287. The number of aromatic nitrogens is 2. The summed E-state index contributed by atoms with van der Waals surface area (Å²) in [7, 11) is 0. The molecule has 4 heterocycles. The summed E-state index contributed by atoms with van der Waals surface area (Å²) in [6.45, 7) is 6.82. The van der Waals surface area contributed by atoms with E-state index in [4.69, 9.17) is 4.74 Å². The summed E-state index contributed by atoms with van der Waals surface area (Å²) in [5, 5.41) is 0.391. The number of nitrogens with zero attached hydrogens (tertiary/aromatic N) is 5. The summed E-state index contributed by atoms with van der Waals surface area (Å²) < 4.78 is 6.36. The molecule has 33 heavy (non-hydrogen) atoms. The Labute approximate surface area is 195 Å². The second kappa shape index (κ2) is 9.90. The molecule has 2 fully saturated rings. The zero-order chi connectivity index (χ0) is 23.5. The Kier molecular flexibility index (Phi) is 6.96. The Morgan fingerprint density at radius 2 is 1.67 bits per heavy atom. The van der Waals surface area contributed by atoms with Crippen molar-refractivity contribution in [1.29, 1.82) is 0 Å². The van der Waals surface area contributed by atoms with Crippen LogP contribution in [-0.2, 0) is 16.1 Å². The molecule has 178 valence electrons. The van der Waals surface area contributed by atoms with E-state index >= 15 is 0 Å². The first-order chi connectivity index (χ1) is 15.9. The van der Waals surface area contributed by atoms with E-state index < -0.39 is 0 Å². The van der Waals surface area contributed by atoms with E-state index in [0.29, 0.717) is 53.4 Å². The van der Waals surface area contributed by atoms with Crippen LogP contribution in [0.5, 0.6) is 0 Å². The second-order valence-electron chi connectivity index (χ2n) is 8.33. The molecule has 3 amide bonds. The Balaban J connectivity index is 1.50. The van der Waals surface area contributed by atoms with Crippen molar-refractivity contribution in [3.8, 4) is 0 Å². The summed E-state index contributed by atoms with van der Waals surface area (Å²) in [6, 6.07) is 0. The van der Waals surface area contributed by atoms with Crippen LogP contribution < -0.4 is 5.56 Å². The fourth-order valence-corrected chi connectivity index (χ4v) is 5.42. The Hall–Kier alpha value is -2.95. The van der Waals surface area contributed by atoms with Gasteiger partial charge in [0, 0.05) is 39.3 Å². The van der Waals surface area contributed by atoms with Gasteiger partial charge in [0.1, 0.15) is 11.4 Å². The molecule has 10 nitrogen and oxygen atoms in total. The smallest absolute Gasteiger partial charge is 0.409 e. The summed E-state index contributed by atoms with van der Waals surface area (Å²) in [4.78, 5) is 61.2. The Bertz CT molecular complexity index is 1110. The molecule has 2 saturated heterocycles. The number of rotatable bonds is 4. The lowest BCUT2D eigenvalue weighted by Crippen LogP contribution is -2.50. The van der Waals surface area contributed by atoms with Crippen LogP contribution in [0.2, 0.25) is 0 Å². The highest BCUT2D eigenvalue weighted by atomic mass is 32.1. The molecule has 0 atom stereocenters. The third kappa shape index (κ3) is 4.73. The van der Waals surface area contributed by atoms with Crippen molar-refractivity contribution in [2.45, 2.75) is 39.7 Å². The standard InChI is InChI=1S/C22H29N5O5S/c1-3-32-22(31)26-11-9-25(10-12-26)21(30)18-15(2)17-19(33-18)23-14-27(20(17)29)13-16(28)24-7-5-4-6-8-24/h14H,3-13H2,1-2H3. The van der Waals surface area contributed by atoms with Gasteiger partial charge in [0.15, 0.2) is 0 Å². The first-order valence-electron chi connectivity index (χ1n) is 11.4. The predicted octanol–water partition coefficient (Wildman–Crippen LogP) is 1.69. The minimum Gasteiger partial charge on any atom is -0.450 e. The topological polar surface area (TPSA) is 105 Å². The van der Waals surface area contributed by atoms with Gasteiger partial charge in [-0.25, -0.2) is 9.78 Å². The van der Waals surface area contributed by atoms with Crippen molar-refractivity contribution in [1.82, 2.24) is 24.3 Å². The molecule has 2 aromatic rings. The number of thiophene rings is 1. The van der Waals surface area contributed by atoms with E-state index in [1.54, 1.807) is 28.5 Å². The van der Waals surface area contributed by atoms with E-state index in [1.807, 2.05) is 0 Å². The van der Waals surface area contributed by atoms with Gasteiger partial charge in [-0.1, -0.05) is 0 Å². The summed E-state index contributed by atoms with van der Waals surface area (Å²) in [6.07, 6.45) is 4.13. The van der Waals surface area contributed by atoms with E-state index in [-0.39, 0.29) is 30.0 Å². The normalized spacial score (nSPS) is 16.8. The highest BCUT2D eigenvalue weighted by Crippen LogP contribution is 2.28. The number of amides is 3. The van der Waals surface area contributed by atoms with Gasteiger partial charge in [0.2, 0.25) is 5.91 Å². The number of hydrogen-bond donors (Lipinski definition) is 0. The number of likely N-dealkylation sites (tertiary alicyclic amines) is 1. The maximum atomic E-state index is 13.2. The second-order valence-corrected chi connectivity index (χ2v) is 9.33. The zero-order valence-electron chi connectivity index (χ0n) is 19.0. The largest absolute Gasteiger partial charge is 0.450 e. The van der Waals surface area contributed by atoms with Gasteiger partial charge in [0.25, 0.3) is 11.5 Å². The SMILES string of the molecule is CCOC(=O)N1CCN(C(=O)c2sc3ncn(CC(=O)N4CCCCC4)c(=O)c3c2C)CC1. The lowest BCUT2D eigenvalue weighted by molar-refractivity contribution is -0.132. The van der Waals surface area contributed by atoms with Crippen molar-refractivity contribution in [3.63, 3.8) is 0 Å². The van der Waals surface area contributed by atoms with Crippen molar-refractivity contribution < 1.29 is 19.1 Å². The monoisotopic (exact) mass is 475 g/mol. The molecule has 0 aliphatic carbocycles. The first-order valence-corrected chi connectivity index (χ1v) is 12.2. The fourth-order valence-electron chi connectivity index (χ4n) is 4.32.